The van der Waals surface area contributed by atoms with Gasteiger partial charge in [-0.3, -0.25) is 4.40 Å². The van der Waals surface area contributed by atoms with Gasteiger partial charge < -0.3 is 5.73 Å². The fraction of sp³-hybridized carbons (Fsp3) is 0. The summed E-state index contributed by atoms with van der Waals surface area (Å²) in [5.41, 5.74) is 6.10. The number of pyridine rings is 1. The average molecular weight is 298 g/mol. The van der Waals surface area contributed by atoms with Crippen molar-refractivity contribution in [2.75, 3.05) is 5.73 Å². The fourth-order valence-electron chi connectivity index (χ4n) is 1.94. The van der Waals surface area contributed by atoms with Crippen molar-refractivity contribution in [3.63, 3.8) is 0 Å². The van der Waals surface area contributed by atoms with Crippen LogP contribution in [0.5, 0.6) is 0 Å². The van der Waals surface area contributed by atoms with E-state index in [-0.39, 0.29) is 17.1 Å². The summed E-state index contributed by atoms with van der Waals surface area (Å²) in [6.07, 6.45) is 1.50. The highest BCUT2D eigenvalue weighted by Gasteiger charge is 2.18. The van der Waals surface area contributed by atoms with Crippen molar-refractivity contribution in [1.82, 2.24) is 9.38 Å². The molecule has 0 atom stereocenters. The van der Waals surface area contributed by atoms with Gasteiger partial charge in [-0.25, -0.2) is 18.2 Å². The number of fused-ring (bicyclic) bond motifs is 1. The molecule has 0 spiro atoms. The largest absolute Gasteiger partial charge is 0.383 e. The summed E-state index contributed by atoms with van der Waals surface area (Å²) in [6, 6.07) is 4.36. The van der Waals surface area contributed by atoms with Gasteiger partial charge in [0, 0.05) is 17.8 Å². The minimum absolute atomic E-state index is 0.0312. The first-order valence-corrected chi connectivity index (χ1v) is 5.93. The van der Waals surface area contributed by atoms with E-state index in [4.69, 9.17) is 17.3 Å². The van der Waals surface area contributed by atoms with Crippen LogP contribution in [0, 0.1) is 17.5 Å². The Balaban J connectivity index is 2.30. The van der Waals surface area contributed by atoms with E-state index in [1.54, 1.807) is 12.1 Å². The predicted molar refractivity (Wildman–Crippen MR) is 69.9 cm³/mol. The number of hydrogen-bond acceptors (Lipinski definition) is 2. The third-order valence-corrected chi connectivity index (χ3v) is 3.11. The summed E-state index contributed by atoms with van der Waals surface area (Å²) in [4.78, 5) is 4.11. The monoisotopic (exact) mass is 297 g/mol. The normalized spacial score (nSPS) is 11.2. The molecule has 0 aliphatic carbocycles. The van der Waals surface area contributed by atoms with Crippen LogP contribution in [0.25, 0.3) is 16.9 Å². The van der Waals surface area contributed by atoms with Crippen molar-refractivity contribution in [1.29, 1.82) is 0 Å². The molecule has 20 heavy (non-hydrogen) atoms. The van der Waals surface area contributed by atoms with Crippen molar-refractivity contribution in [2.45, 2.75) is 0 Å². The van der Waals surface area contributed by atoms with Crippen LogP contribution >= 0.6 is 11.6 Å². The first-order chi connectivity index (χ1) is 9.47. The van der Waals surface area contributed by atoms with Gasteiger partial charge in [0.2, 0.25) is 0 Å². The van der Waals surface area contributed by atoms with Crippen LogP contribution in [0.1, 0.15) is 0 Å². The van der Waals surface area contributed by atoms with E-state index in [2.05, 4.69) is 4.98 Å². The maximum Gasteiger partial charge on any atom is 0.161 e. The number of imidazole rings is 1. The molecule has 0 aliphatic rings. The Morgan fingerprint density at radius 1 is 1.05 bits per heavy atom. The quantitative estimate of drug-likeness (QED) is 0.697. The summed E-state index contributed by atoms with van der Waals surface area (Å²) in [7, 11) is 0. The maximum absolute atomic E-state index is 13.8. The summed E-state index contributed by atoms with van der Waals surface area (Å²) in [5.74, 6) is -3.29. The van der Waals surface area contributed by atoms with Gasteiger partial charge in [-0.1, -0.05) is 11.6 Å². The summed E-state index contributed by atoms with van der Waals surface area (Å²) in [5, 5.41) is 0.416. The number of nitrogen functional groups attached to an aromatic ring is 1. The zero-order valence-corrected chi connectivity index (χ0v) is 10.6. The van der Waals surface area contributed by atoms with E-state index in [0.29, 0.717) is 16.7 Å². The van der Waals surface area contributed by atoms with Gasteiger partial charge in [-0.15, -0.1) is 0 Å². The molecule has 0 saturated carbocycles. The molecule has 2 heterocycles. The van der Waals surface area contributed by atoms with Gasteiger partial charge in [-0.2, -0.15) is 0 Å². The Labute approximate surface area is 116 Å². The lowest BCUT2D eigenvalue weighted by Gasteiger charge is -2.02. The van der Waals surface area contributed by atoms with Gasteiger partial charge in [0.25, 0.3) is 0 Å². The Morgan fingerprint density at radius 3 is 2.50 bits per heavy atom. The lowest BCUT2D eigenvalue weighted by atomic mass is 10.1. The number of benzene rings is 1. The van der Waals surface area contributed by atoms with Crippen LogP contribution in [0.3, 0.4) is 0 Å². The molecule has 0 unspecified atom stereocenters. The van der Waals surface area contributed by atoms with E-state index in [0.717, 1.165) is 6.07 Å². The van der Waals surface area contributed by atoms with Gasteiger partial charge in [-0.05, 0) is 18.2 Å². The molecule has 102 valence electrons. The van der Waals surface area contributed by atoms with Gasteiger partial charge >= 0.3 is 0 Å². The van der Waals surface area contributed by atoms with Crippen LogP contribution in [0.2, 0.25) is 5.02 Å². The predicted octanol–water partition coefficient (Wildman–Crippen LogP) is 3.65. The Morgan fingerprint density at radius 2 is 1.75 bits per heavy atom. The molecule has 0 bridgehead atoms. The number of anilines is 1. The third-order valence-electron chi connectivity index (χ3n) is 2.88. The molecule has 0 amide bonds. The van der Waals surface area contributed by atoms with Gasteiger partial charge in [0.15, 0.2) is 11.6 Å². The molecule has 1 aromatic carbocycles. The summed E-state index contributed by atoms with van der Waals surface area (Å²) < 4.78 is 41.4. The average Bonchev–Trinajstić information content (AvgIpc) is 2.71. The molecular formula is C13H7ClF3N3. The van der Waals surface area contributed by atoms with Crippen LogP contribution in [-0.4, -0.2) is 9.38 Å². The zero-order valence-electron chi connectivity index (χ0n) is 9.87. The highest BCUT2D eigenvalue weighted by Crippen LogP contribution is 2.30. The second-order valence-corrected chi connectivity index (χ2v) is 4.60. The van der Waals surface area contributed by atoms with E-state index >= 15 is 0 Å². The van der Waals surface area contributed by atoms with Gasteiger partial charge in [0.05, 0.1) is 5.02 Å². The topological polar surface area (TPSA) is 43.3 Å². The molecule has 0 aliphatic heterocycles. The van der Waals surface area contributed by atoms with E-state index in [1.807, 2.05) is 0 Å². The van der Waals surface area contributed by atoms with Crippen molar-refractivity contribution in [3.8, 4) is 11.3 Å². The molecule has 0 fully saturated rings. The number of nitrogens with zero attached hydrogens (tertiary/aromatic N) is 2. The molecule has 7 heteroatoms. The number of hydrogen-bond donors (Lipinski definition) is 1. The van der Waals surface area contributed by atoms with Crippen molar-refractivity contribution in [3.05, 3.63) is 52.9 Å². The lowest BCUT2D eigenvalue weighted by Crippen LogP contribution is -1.96. The van der Waals surface area contributed by atoms with Crippen molar-refractivity contribution >= 4 is 23.1 Å². The molecular weight excluding hydrogens is 291 g/mol. The van der Waals surface area contributed by atoms with Crippen LogP contribution in [-0.2, 0) is 0 Å². The smallest absolute Gasteiger partial charge is 0.161 e. The number of halogens is 4. The number of nitrogens with two attached hydrogens (primary N) is 1. The molecule has 3 aromatic rings. The summed E-state index contributed by atoms with van der Waals surface area (Å²) >= 11 is 5.84. The maximum atomic E-state index is 13.8. The molecule has 2 N–H and O–H groups in total. The zero-order chi connectivity index (χ0) is 14.4. The van der Waals surface area contributed by atoms with Crippen LogP contribution in [0.4, 0.5) is 19.0 Å². The first kappa shape index (κ1) is 12.8. The third kappa shape index (κ3) is 1.89. The SMILES string of the molecule is Nc1c(-c2cc(F)c(F)cc2F)nc2ccc(Cl)cn12. The van der Waals surface area contributed by atoms with E-state index < -0.39 is 17.5 Å². The highest BCUT2D eigenvalue weighted by molar-refractivity contribution is 6.30. The van der Waals surface area contributed by atoms with Crippen molar-refractivity contribution < 1.29 is 13.2 Å². The molecule has 2 aromatic heterocycles. The number of aromatic nitrogens is 2. The Kier molecular flexibility index (Phi) is 2.83. The second-order valence-electron chi connectivity index (χ2n) is 4.17. The first-order valence-electron chi connectivity index (χ1n) is 5.55. The van der Waals surface area contributed by atoms with Crippen molar-refractivity contribution in [2.24, 2.45) is 0 Å². The highest BCUT2D eigenvalue weighted by atomic mass is 35.5. The minimum Gasteiger partial charge on any atom is -0.383 e. The fourth-order valence-corrected chi connectivity index (χ4v) is 2.10. The molecule has 3 nitrogen and oxygen atoms in total. The minimum atomic E-state index is -1.27. The standard InChI is InChI=1S/C13H7ClF3N3/c14-6-1-2-11-19-12(13(18)20(11)5-6)7-3-9(16)10(17)4-8(7)15/h1-5H,18H2. The molecule has 3 rings (SSSR count). The van der Waals surface area contributed by atoms with Gasteiger partial charge in [0.1, 0.15) is 23.0 Å². The van der Waals surface area contributed by atoms with Crippen LogP contribution in [0.15, 0.2) is 30.5 Å². The van der Waals surface area contributed by atoms with E-state index in [9.17, 15) is 13.2 Å². The van der Waals surface area contributed by atoms with E-state index in [1.165, 1.54) is 10.6 Å². The Hall–Kier alpha value is -2.21. The summed E-state index contributed by atoms with van der Waals surface area (Å²) in [6.45, 7) is 0. The number of rotatable bonds is 1. The molecule has 0 radical (unpaired) electrons. The lowest BCUT2D eigenvalue weighted by molar-refractivity contribution is 0.496. The second kappa shape index (κ2) is 4.42. The molecule has 0 saturated heterocycles. The Bertz CT molecular complexity index is 829. The van der Waals surface area contributed by atoms with Crippen LogP contribution < -0.4 is 5.73 Å².